The number of rotatable bonds is 5. The number of nitrogens with zero attached hydrogens (tertiary/aromatic N) is 4. The fourth-order valence-corrected chi connectivity index (χ4v) is 3.53. The summed E-state index contributed by atoms with van der Waals surface area (Å²) in [7, 11) is 0. The summed E-state index contributed by atoms with van der Waals surface area (Å²) in [4.78, 5) is 12.5. The monoisotopic (exact) mass is 331 g/mol. The molecule has 3 aromatic rings. The molecule has 6 nitrogen and oxygen atoms in total. The van der Waals surface area contributed by atoms with E-state index in [-0.39, 0.29) is 5.91 Å². The normalized spacial score (nSPS) is 10.6. The molecule has 3 rings (SSSR count). The first-order valence-corrected chi connectivity index (χ1v) is 8.45. The van der Waals surface area contributed by atoms with Crippen molar-refractivity contribution in [3.05, 3.63) is 48.3 Å². The number of para-hydroxylation sites is 1. The van der Waals surface area contributed by atoms with Gasteiger partial charge in [-0.1, -0.05) is 42.2 Å². The van der Waals surface area contributed by atoms with Crippen molar-refractivity contribution in [2.24, 2.45) is 0 Å². The number of carbonyl (C=O) groups excluding carboxylic acids is 1. The first-order chi connectivity index (χ1) is 10.8. The summed E-state index contributed by atoms with van der Waals surface area (Å²) in [5.41, 5.74) is 1.25. The molecule has 1 N–H and O–H groups in total. The molecule has 1 amide bonds. The standard InChI is InChI=1S/C14H13N5OS2/c1-2-21-14-18-17-13(22-14)16-12(20)10-6-3-4-7-11(10)19-9-5-8-15-19/h3-9H,2H2,1H3,(H,16,17,20). The smallest absolute Gasteiger partial charge is 0.259 e. The Morgan fingerprint density at radius 1 is 1.32 bits per heavy atom. The number of anilines is 1. The van der Waals surface area contributed by atoms with E-state index in [4.69, 9.17) is 0 Å². The summed E-state index contributed by atoms with van der Waals surface area (Å²) in [5, 5.41) is 15.5. The Labute approximate surface area is 135 Å². The van der Waals surface area contributed by atoms with Crippen LogP contribution in [0.3, 0.4) is 0 Å². The Morgan fingerprint density at radius 3 is 2.95 bits per heavy atom. The summed E-state index contributed by atoms with van der Waals surface area (Å²) in [6, 6.07) is 9.11. The summed E-state index contributed by atoms with van der Waals surface area (Å²) < 4.78 is 2.51. The fraction of sp³-hybridized carbons (Fsp3) is 0.143. The highest BCUT2D eigenvalue weighted by molar-refractivity contribution is 8.01. The maximum Gasteiger partial charge on any atom is 0.259 e. The highest BCUT2D eigenvalue weighted by Crippen LogP contribution is 2.25. The van der Waals surface area contributed by atoms with Gasteiger partial charge in [0.2, 0.25) is 5.13 Å². The van der Waals surface area contributed by atoms with E-state index < -0.39 is 0 Å². The number of aromatic nitrogens is 4. The molecule has 2 heterocycles. The highest BCUT2D eigenvalue weighted by atomic mass is 32.2. The molecule has 0 atom stereocenters. The van der Waals surface area contributed by atoms with E-state index in [1.165, 1.54) is 11.3 Å². The van der Waals surface area contributed by atoms with Gasteiger partial charge >= 0.3 is 0 Å². The zero-order chi connectivity index (χ0) is 15.4. The van der Waals surface area contributed by atoms with E-state index in [1.54, 1.807) is 34.9 Å². The Kier molecular flexibility index (Phi) is 4.50. The zero-order valence-electron chi connectivity index (χ0n) is 11.8. The molecule has 112 valence electrons. The van der Waals surface area contributed by atoms with E-state index >= 15 is 0 Å². The summed E-state index contributed by atoms with van der Waals surface area (Å²) in [6.45, 7) is 2.05. The SMILES string of the molecule is CCSc1nnc(NC(=O)c2ccccc2-n2cccn2)s1. The maximum absolute atomic E-state index is 12.5. The minimum atomic E-state index is -0.227. The van der Waals surface area contributed by atoms with Gasteiger partial charge in [-0.3, -0.25) is 10.1 Å². The van der Waals surface area contributed by atoms with Crippen LogP contribution in [0.2, 0.25) is 0 Å². The van der Waals surface area contributed by atoms with Gasteiger partial charge in [0, 0.05) is 12.4 Å². The highest BCUT2D eigenvalue weighted by Gasteiger charge is 2.15. The Balaban J connectivity index is 1.83. The van der Waals surface area contributed by atoms with Crippen LogP contribution in [0.15, 0.2) is 47.1 Å². The van der Waals surface area contributed by atoms with Crippen LogP contribution >= 0.6 is 23.1 Å². The van der Waals surface area contributed by atoms with Crippen LogP contribution in [0.5, 0.6) is 0 Å². The minimum Gasteiger partial charge on any atom is -0.296 e. The molecule has 0 saturated heterocycles. The molecule has 1 aromatic carbocycles. The van der Waals surface area contributed by atoms with E-state index in [0.717, 1.165) is 15.8 Å². The molecule has 0 aliphatic rings. The maximum atomic E-state index is 12.5. The number of amides is 1. The molecular weight excluding hydrogens is 318 g/mol. The summed E-state index contributed by atoms with van der Waals surface area (Å²) in [5.74, 6) is 0.695. The van der Waals surface area contributed by atoms with Crippen LogP contribution in [0, 0.1) is 0 Å². The second-order valence-corrected chi connectivity index (χ2v) is 6.72. The van der Waals surface area contributed by atoms with Gasteiger partial charge < -0.3 is 0 Å². The van der Waals surface area contributed by atoms with Crippen molar-refractivity contribution in [1.82, 2.24) is 20.0 Å². The first-order valence-electron chi connectivity index (χ1n) is 6.64. The molecule has 0 saturated carbocycles. The molecule has 0 fully saturated rings. The van der Waals surface area contributed by atoms with Crippen molar-refractivity contribution >= 4 is 34.1 Å². The lowest BCUT2D eigenvalue weighted by Crippen LogP contribution is -2.15. The third-order valence-electron chi connectivity index (χ3n) is 2.79. The second kappa shape index (κ2) is 6.71. The Morgan fingerprint density at radius 2 is 2.18 bits per heavy atom. The van der Waals surface area contributed by atoms with E-state index in [0.29, 0.717) is 10.7 Å². The second-order valence-electron chi connectivity index (χ2n) is 4.23. The molecule has 0 aliphatic heterocycles. The lowest BCUT2D eigenvalue weighted by molar-refractivity contribution is 0.102. The average Bonchev–Trinajstić information content (AvgIpc) is 3.19. The molecule has 0 unspecified atom stereocenters. The van der Waals surface area contributed by atoms with Crippen molar-refractivity contribution < 1.29 is 4.79 Å². The van der Waals surface area contributed by atoms with Crippen molar-refractivity contribution in [3.8, 4) is 5.69 Å². The van der Waals surface area contributed by atoms with Crippen LogP contribution in [-0.2, 0) is 0 Å². The quantitative estimate of drug-likeness (QED) is 0.574. The van der Waals surface area contributed by atoms with Crippen molar-refractivity contribution in [2.45, 2.75) is 11.3 Å². The molecule has 0 spiro atoms. The van der Waals surface area contributed by atoms with Gasteiger partial charge in [-0.25, -0.2) is 4.68 Å². The van der Waals surface area contributed by atoms with Gasteiger partial charge in [0.05, 0.1) is 11.3 Å². The van der Waals surface area contributed by atoms with Crippen LogP contribution < -0.4 is 5.32 Å². The molecule has 0 aliphatic carbocycles. The topological polar surface area (TPSA) is 72.7 Å². The van der Waals surface area contributed by atoms with Crippen molar-refractivity contribution in [3.63, 3.8) is 0 Å². The van der Waals surface area contributed by atoms with Crippen LogP contribution in [0.25, 0.3) is 5.69 Å². The van der Waals surface area contributed by atoms with Gasteiger partial charge in [0.25, 0.3) is 5.91 Å². The van der Waals surface area contributed by atoms with E-state index in [2.05, 4.69) is 20.6 Å². The molecule has 0 bridgehead atoms. The van der Waals surface area contributed by atoms with Crippen LogP contribution in [0.4, 0.5) is 5.13 Å². The van der Waals surface area contributed by atoms with Gasteiger partial charge in [-0.05, 0) is 24.0 Å². The van der Waals surface area contributed by atoms with Crippen LogP contribution in [0.1, 0.15) is 17.3 Å². The molecular formula is C14H13N5OS2. The third kappa shape index (κ3) is 3.18. The molecule has 0 radical (unpaired) electrons. The number of hydrogen-bond donors (Lipinski definition) is 1. The average molecular weight is 331 g/mol. The van der Waals surface area contributed by atoms with Crippen molar-refractivity contribution in [2.75, 3.05) is 11.1 Å². The molecule has 8 heteroatoms. The Bertz CT molecular complexity index is 769. The first kappa shape index (κ1) is 14.7. The van der Waals surface area contributed by atoms with E-state index in [9.17, 15) is 4.79 Å². The number of hydrogen-bond acceptors (Lipinski definition) is 6. The number of carbonyl (C=O) groups is 1. The molecule has 2 aromatic heterocycles. The number of nitrogens with one attached hydrogen (secondary N) is 1. The van der Waals surface area contributed by atoms with Gasteiger partial charge in [-0.15, -0.1) is 10.2 Å². The van der Waals surface area contributed by atoms with E-state index in [1.807, 2.05) is 31.2 Å². The minimum absolute atomic E-state index is 0.227. The van der Waals surface area contributed by atoms with Gasteiger partial charge in [0.15, 0.2) is 4.34 Å². The van der Waals surface area contributed by atoms with Crippen molar-refractivity contribution in [1.29, 1.82) is 0 Å². The fourth-order valence-electron chi connectivity index (χ4n) is 1.88. The lowest BCUT2D eigenvalue weighted by atomic mass is 10.1. The third-order valence-corrected chi connectivity index (χ3v) is 4.65. The van der Waals surface area contributed by atoms with Crippen LogP contribution in [-0.4, -0.2) is 31.6 Å². The summed E-state index contributed by atoms with van der Waals surface area (Å²) >= 11 is 2.97. The molecule has 22 heavy (non-hydrogen) atoms. The predicted octanol–water partition coefficient (Wildman–Crippen LogP) is 3.09. The Hall–Kier alpha value is -2.19. The van der Waals surface area contributed by atoms with Gasteiger partial charge in [-0.2, -0.15) is 5.10 Å². The largest absolute Gasteiger partial charge is 0.296 e. The van der Waals surface area contributed by atoms with Gasteiger partial charge in [0.1, 0.15) is 0 Å². The summed E-state index contributed by atoms with van der Waals surface area (Å²) in [6.07, 6.45) is 3.47. The number of thioether (sulfide) groups is 1. The lowest BCUT2D eigenvalue weighted by Gasteiger charge is -2.08. The predicted molar refractivity (Wildman–Crippen MR) is 87.8 cm³/mol. The zero-order valence-corrected chi connectivity index (χ0v) is 13.4. The number of benzene rings is 1.